The number of hydrogen-bond acceptors (Lipinski definition) is 5. The van der Waals surface area contributed by atoms with E-state index in [-0.39, 0.29) is 4.99 Å². The zero-order valence-electron chi connectivity index (χ0n) is 10.8. The number of aromatic nitrogens is 2. The Labute approximate surface area is 113 Å². The molecule has 5 nitrogen and oxygen atoms in total. The summed E-state index contributed by atoms with van der Waals surface area (Å²) in [4.78, 5) is 8.72. The average Bonchev–Trinajstić information content (AvgIpc) is 2.34. The number of rotatable bonds is 3. The molecule has 2 rings (SSSR count). The largest absolute Gasteiger partial charge is 0.388 e. The van der Waals surface area contributed by atoms with Crippen LogP contribution < -0.4 is 11.2 Å². The molecule has 1 fully saturated rings. The number of piperidine rings is 1. The number of nitrogens with zero attached hydrogens (tertiary/aromatic N) is 3. The van der Waals surface area contributed by atoms with E-state index in [4.69, 9.17) is 18.0 Å². The third-order valence-corrected chi connectivity index (χ3v) is 3.55. The van der Waals surface area contributed by atoms with Crippen LogP contribution in [0.25, 0.3) is 0 Å². The van der Waals surface area contributed by atoms with Crippen molar-refractivity contribution in [1.82, 2.24) is 15.0 Å². The molecule has 0 aromatic carbocycles. The summed E-state index contributed by atoms with van der Waals surface area (Å²) in [6.07, 6.45) is 6.87. The van der Waals surface area contributed by atoms with E-state index in [1.54, 1.807) is 12.4 Å². The van der Waals surface area contributed by atoms with Crippen molar-refractivity contribution in [3.63, 3.8) is 0 Å². The van der Waals surface area contributed by atoms with Crippen molar-refractivity contribution in [2.24, 2.45) is 5.73 Å². The highest BCUT2D eigenvalue weighted by Gasteiger charge is 2.25. The first-order chi connectivity index (χ1) is 8.59. The number of hydrogen-bond donors (Lipinski definition) is 2. The van der Waals surface area contributed by atoms with Crippen LogP contribution in [0.3, 0.4) is 0 Å². The van der Waals surface area contributed by atoms with E-state index in [0.29, 0.717) is 23.6 Å². The molecule has 1 saturated heterocycles. The highest BCUT2D eigenvalue weighted by molar-refractivity contribution is 7.80. The predicted octanol–water partition coefficient (Wildman–Crippen LogP) is 1.70. The van der Waals surface area contributed by atoms with Crippen LogP contribution in [-0.4, -0.2) is 32.0 Å². The van der Waals surface area contributed by atoms with E-state index < -0.39 is 0 Å². The molecule has 0 saturated carbocycles. The number of nitrogens with one attached hydrogen (secondary N) is 1. The van der Waals surface area contributed by atoms with Crippen molar-refractivity contribution in [3.05, 3.63) is 18.1 Å². The lowest BCUT2D eigenvalue weighted by Crippen LogP contribution is -2.47. The van der Waals surface area contributed by atoms with E-state index in [9.17, 15) is 0 Å². The van der Waals surface area contributed by atoms with Crippen LogP contribution in [0.4, 0.5) is 5.82 Å². The number of nitrogens with two attached hydrogens (primary N) is 1. The Hall–Kier alpha value is -1.27. The lowest BCUT2D eigenvalue weighted by atomic mass is 10.00. The second-order valence-electron chi connectivity index (χ2n) is 4.77. The van der Waals surface area contributed by atoms with Crippen LogP contribution >= 0.6 is 12.2 Å². The normalized spacial score (nSPS) is 24.8. The third kappa shape index (κ3) is 2.76. The van der Waals surface area contributed by atoms with Gasteiger partial charge in [0.05, 0.1) is 0 Å². The summed E-state index contributed by atoms with van der Waals surface area (Å²) >= 11 is 4.99. The van der Waals surface area contributed by atoms with Crippen molar-refractivity contribution in [1.29, 1.82) is 0 Å². The fourth-order valence-corrected chi connectivity index (χ4v) is 2.51. The topological polar surface area (TPSA) is 67.1 Å². The summed E-state index contributed by atoms with van der Waals surface area (Å²) in [5.41, 5.74) is 9.54. The Morgan fingerprint density at radius 2 is 1.94 bits per heavy atom. The predicted molar refractivity (Wildman–Crippen MR) is 76.2 cm³/mol. The summed E-state index contributed by atoms with van der Waals surface area (Å²) in [7, 11) is 0. The maximum absolute atomic E-state index is 5.66. The monoisotopic (exact) mass is 265 g/mol. The van der Waals surface area contributed by atoms with Crippen molar-refractivity contribution < 1.29 is 0 Å². The van der Waals surface area contributed by atoms with Gasteiger partial charge >= 0.3 is 0 Å². The third-order valence-electron chi connectivity index (χ3n) is 3.36. The molecule has 3 N–H and O–H groups in total. The van der Waals surface area contributed by atoms with Crippen LogP contribution in [0.2, 0.25) is 0 Å². The second kappa shape index (κ2) is 5.58. The molecule has 1 aromatic heterocycles. The molecule has 2 atom stereocenters. The minimum Gasteiger partial charge on any atom is -0.388 e. The van der Waals surface area contributed by atoms with E-state index in [1.807, 2.05) is 0 Å². The fraction of sp³-hybridized carbons (Fsp3) is 0.583. The Kier molecular flexibility index (Phi) is 4.08. The smallest absolute Gasteiger partial charge is 0.169 e. The van der Waals surface area contributed by atoms with Gasteiger partial charge in [-0.2, -0.15) is 0 Å². The molecule has 6 heteroatoms. The molecule has 0 spiro atoms. The van der Waals surface area contributed by atoms with Gasteiger partial charge in [-0.05, 0) is 26.7 Å². The van der Waals surface area contributed by atoms with E-state index in [0.717, 1.165) is 0 Å². The fourth-order valence-electron chi connectivity index (χ4n) is 2.36. The molecular weight excluding hydrogens is 246 g/mol. The van der Waals surface area contributed by atoms with E-state index in [1.165, 1.54) is 19.3 Å². The Bertz CT molecular complexity index is 426. The zero-order chi connectivity index (χ0) is 13.1. The molecule has 0 radical (unpaired) electrons. The Morgan fingerprint density at radius 3 is 2.56 bits per heavy atom. The molecule has 1 aliphatic heterocycles. The van der Waals surface area contributed by atoms with Gasteiger partial charge in [-0.1, -0.05) is 18.6 Å². The summed E-state index contributed by atoms with van der Waals surface area (Å²) in [6, 6.07) is 0.935. The van der Waals surface area contributed by atoms with E-state index in [2.05, 4.69) is 34.3 Å². The average molecular weight is 265 g/mol. The van der Waals surface area contributed by atoms with Crippen LogP contribution in [-0.2, 0) is 0 Å². The molecule has 1 aromatic rings. The molecule has 18 heavy (non-hydrogen) atoms. The minimum absolute atomic E-state index is 0.267. The number of anilines is 1. The standard InChI is InChI=1S/C12H19N5S/c1-8-4-3-5-9(2)17(8)16-12-10(11(13)18)14-6-7-15-12/h6-9H,3-5H2,1-2H3,(H2,13,18)(H,15,16). The SMILES string of the molecule is CC1CCCC(C)N1Nc1nccnc1C(N)=S. The molecule has 0 amide bonds. The summed E-state index contributed by atoms with van der Waals surface area (Å²) in [5.74, 6) is 0.644. The van der Waals surface area contributed by atoms with Crippen LogP contribution in [0.15, 0.2) is 12.4 Å². The zero-order valence-corrected chi connectivity index (χ0v) is 11.6. The molecule has 0 bridgehead atoms. The van der Waals surface area contributed by atoms with Gasteiger partial charge in [-0.25, -0.2) is 15.0 Å². The maximum Gasteiger partial charge on any atom is 0.169 e. The lowest BCUT2D eigenvalue weighted by molar-refractivity contribution is 0.135. The van der Waals surface area contributed by atoms with Crippen molar-refractivity contribution in [2.45, 2.75) is 45.2 Å². The Morgan fingerprint density at radius 1 is 1.33 bits per heavy atom. The van der Waals surface area contributed by atoms with Crippen molar-refractivity contribution in [3.8, 4) is 0 Å². The quantitative estimate of drug-likeness (QED) is 0.811. The van der Waals surface area contributed by atoms with Gasteiger partial charge in [0, 0.05) is 24.5 Å². The highest BCUT2D eigenvalue weighted by atomic mass is 32.1. The molecule has 0 aliphatic carbocycles. The number of hydrazine groups is 1. The van der Waals surface area contributed by atoms with Gasteiger partial charge < -0.3 is 11.2 Å². The van der Waals surface area contributed by atoms with Gasteiger partial charge in [0.2, 0.25) is 0 Å². The second-order valence-corrected chi connectivity index (χ2v) is 5.21. The summed E-state index contributed by atoms with van der Waals surface area (Å²) in [6.45, 7) is 4.42. The van der Waals surface area contributed by atoms with E-state index >= 15 is 0 Å². The van der Waals surface area contributed by atoms with Crippen LogP contribution in [0.5, 0.6) is 0 Å². The van der Waals surface area contributed by atoms with Gasteiger partial charge in [0.15, 0.2) is 5.82 Å². The number of thiocarbonyl (C=S) groups is 1. The lowest BCUT2D eigenvalue weighted by Gasteiger charge is -2.39. The minimum atomic E-state index is 0.267. The first-order valence-electron chi connectivity index (χ1n) is 6.25. The highest BCUT2D eigenvalue weighted by Crippen LogP contribution is 2.23. The van der Waals surface area contributed by atoms with Crippen LogP contribution in [0, 0.1) is 0 Å². The molecular formula is C12H19N5S. The van der Waals surface area contributed by atoms with Crippen LogP contribution in [0.1, 0.15) is 38.8 Å². The van der Waals surface area contributed by atoms with Crippen molar-refractivity contribution in [2.75, 3.05) is 5.43 Å². The molecule has 2 unspecified atom stereocenters. The Balaban J connectivity index is 2.20. The maximum atomic E-state index is 5.66. The first kappa shape index (κ1) is 13.2. The summed E-state index contributed by atoms with van der Waals surface area (Å²) in [5, 5.41) is 2.22. The first-order valence-corrected chi connectivity index (χ1v) is 6.66. The van der Waals surface area contributed by atoms with Gasteiger partial charge in [0.1, 0.15) is 10.7 Å². The molecule has 1 aliphatic rings. The summed E-state index contributed by atoms with van der Waals surface area (Å²) < 4.78 is 0. The molecule has 98 valence electrons. The van der Waals surface area contributed by atoms with Gasteiger partial charge in [0.25, 0.3) is 0 Å². The molecule has 2 heterocycles. The van der Waals surface area contributed by atoms with Gasteiger partial charge in [-0.15, -0.1) is 0 Å². The van der Waals surface area contributed by atoms with Crippen molar-refractivity contribution >= 4 is 23.0 Å². The van der Waals surface area contributed by atoms with Gasteiger partial charge in [-0.3, -0.25) is 0 Å².